The summed E-state index contributed by atoms with van der Waals surface area (Å²) in [6, 6.07) is 9.37. The zero-order valence-electron chi connectivity index (χ0n) is 14.3. The highest BCUT2D eigenvalue weighted by Crippen LogP contribution is 2.32. The minimum absolute atomic E-state index is 0.218. The Morgan fingerprint density at radius 2 is 2.19 bits per heavy atom. The largest absolute Gasteiger partial charge is 0.454 e. The van der Waals surface area contributed by atoms with Crippen molar-refractivity contribution in [2.24, 2.45) is 0 Å². The van der Waals surface area contributed by atoms with Crippen molar-refractivity contribution in [1.82, 2.24) is 14.7 Å². The number of hydrogen-bond acceptors (Lipinski definition) is 4. The molecule has 26 heavy (non-hydrogen) atoms. The van der Waals surface area contributed by atoms with Crippen LogP contribution in [0.25, 0.3) is 5.65 Å². The van der Waals surface area contributed by atoms with E-state index in [1.807, 2.05) is 35.9 Å². The molecule has 0 saturated heterocycles. The Morgan fingerprint density at radius 1 is 1.31 bits per heavy atom. The number of aryl methyl sites for hydroxylation is 1. The van der Waals surface area contributed by atoms with E-state index >= 15 is 0 Å². The summed E-state index contributed by atoms with van der Waals surface area (Å²) in [6.07, 6.45) is 4.60. The van der Waals surface area contributed by atoms with E-state index in [1.54, 1.807) is 18.2 Å². The smallest absolute Gasteiger partial charge is 0.296 e. The molecule has 3 aromatic rings. The van der Waals surface area contributed by atoms with Crippen LogP contribution in [-0.2, 0) is 11.2 Å². The molecular formula is C20H17N3O3. The molecule has 1 N–H and O–H groups in total. The lowest BCUT2D eigenvalue weighted by molar-refractivity contribution is -0.115. The average Bonchev–Trinajstić information content (AvgIpc) is 3.26. The molecule has 1 aliphatic heterocycles. The normalized spacial score (nSPS) is 11.9. The van der Waals surface area contributed by atoms with E-state index in [1.165, 1.54) is 0 Å². The van der Waals surface area contributed by atoms with Crippen molar-refractivity contribution >= 4 is 11.6 Å². The summed E-state index contributed by atoms with van der Waals surface area (Å²) in [4.78, 5) is 16.5. The number of benzene rings is 1. The number of amides is 1. The fraction of sp³-hybridized carbons (Fsp3) is 0.200. The molecule has 130 valence electrons. The molecule has 1 aromatic carbocycles. The Labute approximate surface area is 150 Å². The van der Waals surface area contributed by atoms with Crippen molar-refractivity contribution < 1.29 is 14.3 Å². The van der Waals surface area contributed by atoms with Crippen LogP contribution in [-0.4, -0.2) is 28.6 Å². The van der Waals surface area contributed by atoms with Crippen LogP contribution in [0, 0.1) is 18.8 Å². The summed E-state index contributed by atoms with van der Waals surface area (Å²) in [5.74, 6) is 6.46. The number of fused-ring (bicyclic) bond motifs is 2. The molecule has 6 heteroatoms. The summed E-state index contributed by atoms with van der Waals surface area (Å²) in [6.45, 7) is 2.73. The summed E-state index contributed by atoms with van der Waals surface area (Å²) >= 11 is 0. The van der Waals surface area contributed by atoms with Crippen LogP contribution in [0.15, 0.2) is 42.7 Å². The molecule has 1 aliphatic rings. The van der Waals surface area contributed by atoms with Gasteiger partial charge in [-0.15, -0.1) is 0 Å². The first kappa shape index (κ1) is 16.0. The first-order chi connectivity index (χ1) is 12.7. The summed E-state index contributed by atoms with van der Waals surface area (Å²) < 4.78 is 12.5. The summed E-state index contributed by atoms with van der Waals surface area (Å²) in [7, 11) is 0. The molecule has 0 unspecified atom stereocenters. The van der Waals surface area contributed by atoms with Crippen molar-refractivity contribution in [3.63, 3.8) is 0 Å². The quantitative estimate of drug-likeness (QED) is 0.737. The predicted molar refractivity (Wildman–Crippen MR) is 96.1 cm³/mol. The third-order valence-corrected chi connectivity index (χ3v) is 4.09. The lowest BCUT2D eigenvalue weighted by Crippen LogP contribution is -2.24. The monoisotopic (exact) mass is 347 g/mol. The van der Waals surface area contributed by atoms with Crippen LogP contribution in [0.2, 0.25) is 0 Å². The van der Waals surface area contributed by atoms with Gasteiger partial charge in [0.25, 0.3) is 5.91 Å². The average molecular weight is 347 g/mol. The van der Waals surface area contributed by atoms with Crippen molar-refractivity contribution in [2.75, 3.05) is 13.3 Å². The third-order valence-electron chi connectivity index (χ3n) is 4.09. The molecule has 3 heterocycles. The Balaban J connectivity index is 1.33. The second-order valence-electron chi connectivity index (χ2n) is 5.98. The third kappa shape index (κ3) is 3.33. The van der Waals surface area contributed by atoms with Crippen molar-refractivity contribution in [1.29, 1.82) is 0 Å². The molecule has 4 rings (SSSR count). The molecule has 0 radical (unpaired) electrons. The van der Waals surface area contributed by atoms with Crippen LogP contribution in [0.5, 0.6) is 11.5 Å². The highest BCUT2D eigenvalue weighted by atomic mass is 16.7. The maximum Gasteiger partial charge on any atom is 0.296 e. The predicted octanol–water partition coefficient (Wildman–Crippen LogP) is 2.08. The standard InChI is InChI=1S/C20H17N3O3/c1-14-3-2-10-23-12-16(22-20(14)23)8-9-21-19(24)7-5-15-4-6-17-18(11-15)26-13-25-17/h2-4,6,10-12H,8-9,13H2,1H3,(H,21,24). The lowest BCUT2D eigenvalue weighted by atomic mass is 10.2. The Bertz CT molecular complexity index is 1040. The number of nitrogens with one attached hydrogen (secondary N) is 1. The van der Waals surface area contributed by atoms with Gasteiger partial charge in [0.2, 0.25) is 6.79 Å². The first-order valence-electron chi connectivity index (χ1n) is 8.32. The molecule has 0 bridgehead atoms. The molecule has 0 aliphatic carbocycles. The number of ether oxygens (including phenoxy) is 2. The number of aromatic nitrogens is 2. The van der Waals surface area contributed by atoms with Gasteiger partial charge in [0.05, 0.1) is 5.69 Å². The molecule has 0 fully saturated rings. The fourth-order valence-electron chi connectivity index (χ4n) is 2.78. The molecule has 0 saturated carbocycles. The number of nitrogens with zero attached hydrogens (tertiary/aromatic N) is 2. The summed E-state index contributed by atoms with van der Waals surface area (Å²) in [5, 5.41) is 2.79. The SMILES string of the molecule is Cc1cccn2cc(CCNC(=O)C#Cc3ccc4c(c3)OCO4)nc12. The molecule has 6 nitrogen and oxygen atoms in total. The topological polar surface area (TPSA) is 64.9 Å². The van der Waals surface area contributed by atoms with Crippen molar-refractivity contribution in [3.05, 3.63) is 59.5 Å². The minimum atomic E-state index is -0.317. The van der Waals surface area contributed by atoms with E-state index in [2.05, 4.69) is 22.1 Å². The van der Waals surface area contributed by atoms with Gasteiger partial charge in [-0.1, -0.05) is 12.0 Å². The van der Waals surface area contributed by atoms with Gasteiger partial charge in [-0.25, -0.2) is 4.98 Å². The maximum absolute atomic E-state index is 11.9. The van der Waals surface area contributed by atoms with E-state index in [4.69, 9.17) is 9.47 Å². The van der Waals surface area contributed by atoms with Gasteiger partial charge in [0.1, 0.15) is 5.65 Å². The number of carbonyl (C=O) groups excluding carboxylic acids is 1. The number of imidazole rings is 1. The number of hydrogen-bond donors (Lipinski definition) is 1. The van der Waals surface area contributed by atoms with Crippen LogP contribution in [0.1, 0.15) is 16.8 Å². The van der Waals surface area contributed by atoms with Crippen molar-refractivity contribution in [2.45, 2.75) is 13.3 Å². The maximum atomic E-state index is 11.9. The van der Waals surface area contributed by atoms with Gasteiger partial charge in [-0.2, -0.15) is 0 Å². The van der Waals surface area contributed by atoms with Crippen LogP contribution >= 0.6 is 0 Å². The minimum Gasteiger partial charge on any atom is -0.454 e. The van der Waals surface area contributed by atoms with E-state index in [9.17, 15) is 4.79 Å². The van der Waals surface area contributed by atoms with Crippen LogP contribution in [0.3, 0.4) is 0 Å². The molecule has 2 aromatic heterocycles. The van der Waals surface area contributed by atoms with Crippen LogP contribution < -0.4 is 14.8 Å². The summed E-state index contributed by atoms with van der Waals surface area (Å²) in [5.41, 5.74) is 3.71. The Hall–Kier alpha value is -3.46. The Morgan fingerprint density at radius 3 is 3.08 bits per heavy atom. The molecule has 0 atom stereocenters. The zero-order valence-corrected chi connectivity index (χ0v) is 14.3. The van der Waals surface area contributed by atoms with E-state index < -0.39 is 0 Å². The Kier molecular flexibility index (Phi) is 4.20. The number of rotatable bonds is 3. The fourth-order valence-corrected chi connectivity index (χ4v) is 2.78. The van der Waals surface area contributed by atoms with Gasteiger partial charge in [0, 0.05) is 36.8 Å². The first-order valence-corrected chi connectivity index (χ1v) is 8.32. The second kappa shape index (κ2) is 6.81. The van der Waals surface area contributed by atoms with Gasteiger partial charge in [-0.3, -0.25) is 4.79 Å². The van der Waals surface area contributed by atoms with Gasteiger partial charge in [0.15, 0.2) is 11.5 Å². The van der Waals surface area contributed by atoms with E-state index in [0.717, 1.165) is 16.9 Å². The highest BCUT2D eigenvalue weighted by Gasteiger charge is 2.12. The second-order valence-corrected chi connectivity index (χ2v) is 5.98. The van der Waals surface area contributed by atoms with Gasteiger partial charge in [-0.05, 0) is 36.8 Å². The van der Waals surface area contributed by atoms with E-state index in [0.29, 0.717) is 30.0 Å². The number of pyridine rings is 1. The van der Waals surface area contributed by atoms with Crippen molar-refractivity contribution in [3.8, 4) is 23.3 Å². The zero-order chi connectivity index (χ0) is 17.9. The van der Waals surface area contributed by atoms with E-state index in [-0.39, 0.29) is 12.7 Å². The molecular weight excluding hydrogens is 330 g/mol. The molecule has 0 spiro atoms. The van der Waals surface area contributed by atoms with Gasteiger partial charge < -0.3 is 19.2 Å². The van der Waals surface area contributed by atoms with Gasteiger partial charge >= 0.3 is 0 Å². The lowest BCUT2D eigenvalue weighted by Gasteiger charge is -1.98. The molecule has 1 amide bonds. The van der Waals surface area contributed by atoms with Crippen LogP contribution in [0.4, 0.5) is 0 Å². The highest BCUT2D eigenvalue weighted by molar-refractivity contribution is 5.94. The number of carbonyl (C=O) groups is 1.